The fourth-order valence-corrected chi connectivity index (χ4v) is 3.42. The fraction of sp³-hybridized carbons (Fsp3) is 0.381. The maximum Gasteiger partial charge on any atom is 0.255 e. The molecular formula is C21H27N3O. The van der Waals surface area contributed by atoms with E-state index in [0.717, 1.165) is 35.6 Å². The molecule has 1 N–H and O–H groups in total. The Kier molecular flexibility index (Phi) is 5.39. The molecule has 1 saturated heterocycles. The normalized spacial score (nSPS) is 15.8. The number of likely N-dealkylation sites (tertiary alicyclic amines) is 1. The third-order valence-electron chi connectivity index (χ3n) is 5.14. The maximum atomic E-state index is 12.5. The Balaban J connectivity index is 1.71. The van der Waals surface area contributed by atoms with Crippen LogP contribution in [0.4, 0.5) is 11.4 Å². The van der Waals surface area contributed by atoms with Crippen molar-refractivity contribution in [1.29, 1.82) is 0 Å². The summed E-state index contributed by atoms with van der Waals surface area (Å²) in [5.41, 5.74) is 3.69. The molecule has 1 aliphatic heterocycles. The summed E-state index contributed by atoms with van der Waals surface area (Å²) in [6.07, 6.45) is 2.35. The molecule has 2 aromatic carbocycles. The van der Waals surface area contributed by atoms with E-state index in [9.17, 15) is 4.79 Å². The number of carbonyl (C=O) groups excluding carboxylic acids is 1. The standard InChI is InChI=1S/C21H27N3O/c1-16-7-4-5-10-20(16)21(25)22-17-8-6-9-19(15-17)24(3)18-11-13-23(2)14-12-18/h4-10,15,18H,11-14H2,1-3H3,(H,22,25). The first-order chi connectivity index (χ1) is 12.0. The van der Waals surface area contributed by atoms with Gasteiger partial charge in [0.1, 0.15) is 0 Å². The van der Waals surface area contributed by atoms with Gasteiger partial charge in [0.05, 0.1) is 0 Å². The molecule has 0 atom stereocenters. The number of hydrogen-bond donors (Lipinski definition) is 1. The van der Waals surface area contributed by atoms with Gasteiger partial charge in [-0.3, -0.25) is 4.79 Å². The molecule has 1 amide bonds. The van der Waals surface area contributed by atoms with E-state index in [2.05, 4.69) is 41.3 Å². The summed E-state index contributed by atoms with van der Waals surface area (Å²) in [6, 6.07) is 16.3. The Hall–Kier alpha value is -2.33. The van der Waals surface area contributed by atoms with Crippen LogP contribution in [0.25, 0.3) is 0 Å². The zero-order chi connectivity index (χ0) is 17.8. The predicted octanol–water partition coefficient (Wildman–Crippen LogP) is 3.78. The van der Waals surface area contributed by atoms with Gasteiger partial charge in [-0.15, -0.1) is 0 Å². The molecular weight excluding hydrogens is 310 g/mol. The molecule has 0 aromatic heterocycles. The number of nitrogens with one attached hydrogen (secondary N) is 1. The Morgan fingerprint density at radius 3 is 2.56 bits per heavy atom. The lowest BCUT2D eigenvalue weighted by atomic mass is 10.0. The third-order valence-corrected chi connectivity index (χ3v) is 5.14. The topological polar surface area (TPSA) is 35.6 Å². The summed E-state index contributed by atoms with van der Waals surface area (Å²) in [5, 5.41) is 3.03. The van der Waals surface area contributed by atoms with E-state index in [1.165, 1.54) is 12.8 Å². The van der Waals surface area contributed by atoms with E-state index in [0.29, 0.717) is 6.04 Å². The monoisotopic (exact) mass is 337 g/mol. The van der Waals surface area contributed by atoms with Gasteiger partial charge in [-0.05, 0) is 69.7 Å². The second-order valence-electron chi connectivity index (χ2n) is 6.96. The van der Waals surface area contributed by atoms with Crippen LogP contribution < -0.4 is 10.2 Å². The summed E-state index contributed by atoms with van der Waals surface area (Å²) in [7, 11) is 4.33. The van der Waals surface area contributed by atoms with Gasteiger partial charge in [0.25, 0.3) is 5.91 Å². The summed E-state index contributed by atoms with van der Waals surface area (Å²) in [4.78, 5) is 17.2. The molecule has 4 nitrogen and oxygen atoms in total. The molecule has 0 aliphatic carbocycles. The first kappa shape index (κ1) is 17.5. The van der Waals surface area contributed by atoms with Gasteiger partial charge in [0, 0.05) is 30.0 Å². The molecule has 1 fully saturated rings. The number of amides is 1. The van der Waals surface area contributed by atoms with Crippen LogP contribution in [0.2, 0.25) is 0 Å². The second-order valence-corrected chi connectivity index (χ2v) is 6.96. The van der Waals surface area contributed by atoms with Gasteiger partial charge in [-0.1, -0.05) is 24.3 Å². The van der Waals surface area contributed by atoms with E-state index in [4.69, 9.17) is 0 Å². The Bertz CT molecular complexity index is 735. The number of benzene rings is 2. The number of aryl methyl sites for hydroxylation is 1. The molecule has 0 unspecified atom stereocenters. The Morgan fingerprint density at radius 2 is 1.84 bits per heavy atom. The molecule has 1 aliphatic rings. The van der Waals surface area contributed by atoms with Gasteiger partial charge in [-0.2, -0.15) is 0 Å². The minimum Gasteiger partial charge on any atom is -0.371 e. The zero-order valence-electron chi connectivity index (χ0n) is 15.3. The summed E-state index contributed by atoms with van der Waals surface area (Å²) in [5.74, 6) is -0.0582. The van der Waals surface area contributed by atoms with Crippen molar-refractivity contribution in [2.75, 3.05) is 37.4 Å². The lowest BCUT2D eigenvalue weighted by Crippen LogP contribution is -2.42. The molecule has 1 heterocycles. The highest BCUT2D eigenvalue weighted by Crippen LogP contribution is 2.24. The first-order valence-electron chi connectivity index (χ1n) is 8.93. The molecule has 25 heavy (non-hydrogen) atoms. The maximum absolute atomic E-state index is 12.5. The molecule has 0 radical (unpaired) electrons. The summed E-state index contributed by atoms with van der Waals surface area (Å²) < 4.78 is 0. The third kappa shape index (κ3) is 4.20. The SMILES string of the molecule is Cc1ccccc1C(=O)Nc1cccc(N(C)C2CCN(C)CC2)c1. The molecule has 4 heteroatoms. The van der Waals surface area contributed by atoms with Gasteiger partial charge < -0.3 is 15.1 Å². The van der Waals surface area contributed by atoms with Crippen LogP contribution >= 0.6 is 0 Å². The molecule has 0 saturated carbocycles. The lowest BCUT2D eigenvalue weighted by molar-refractivity contribution is 0.102. The van der Waals surface area contributed by atoms with Crippen molar-refractivity contribution in [1.82, 2.24) is 4.90 Å². The lowest BCUT2D eigenvalue weighted by Gasteiger charge is -2.36. The van der Waals surface area contributed by atoms with Crippen LogP contribution in [-0.2, 0) is 0 Å². The molecule has 0 spiro atoms. The Morgan fingerprint density at radius 1 is 1.12 bits per heavy atom. The smallest absolute Gasteiger partial charge is 0.255 e. The second kappa shape index (κ2) is 7.70. The van der Waals surface area contributed by atoms with Crippen molar-refractivity contribution in [2.24, 2.45) is 0 Å². The summed E-state index contributed by atoms with van der Waals surface area (Å²) >= 11 is 0. The van der Waals surface area contributed by atoms with Crippen LogP contribution in [0.1, 0.15) is 28.8 Å². The van der Waals surface area contributed by atoms with E-state index in [-0.39, 0.29) is 5.91 Å². The first-order valence-corrected chi connectivity index (χ1v) is 8.93. The van der Waals surface area contributed by atoms with E-state index >= 15 is 0 Å². The average Bonchev–Trinajstić information content (AvgIpc) is 2.62. The van der Waals surface area contributed by atoms with Crippen molar-refractivity contribution in [2.45, 2.75) is 25.8 Å². The van der Waals surface area contributed by atoms with E-state index in [1.54, 1.807) is 0 Å². The number of anilines is 2. The van der Waals surface area contributed by atoms with Crippen molar-refractivity contribution in [3.8, 4) is 0 Å². The zero-order valence-corrected chi connectivity index (χ0v) is 15.3. The average molecular weight is 337 g/mol. The van der Waals surface area contributed by atoms with Crippen molar-refractivity contribution in [3.05, 3.63) is 59.7 Å². The van der Waals surface area contributed by atoms with Crippen LogP contribution in [0.5, 0.6) is 0 Å². The molecule has 3 rings (SSSR count). The largest absolute Gasteiger partial charge is 0.371 e. The van der Waals surface area contributed by atoms with Crippen molar-refractivity contribution < 1.29 is 4.79 Å². The van der Waals surface area contributed by atoms with Crippen molar-refractivity contribution >= 4 is 17.3 Å². The number of piperidine rings is 1. The quantitative estimate of drug-likeness (QED) is 0.922. The highest BCUT2D eigenvalue weighted by atomic mass is 16.1. The highest BCUT2D eigenvalue weighted by molar-refractivity contribution is 6.05. The molecule has 2 aromatic rings. The number of nitrogens with zero attached hydrogens (tertiary/aromatic N) is 2. The minimum atomic E-state index is -0.0582. The van der Waals surface area contributed by atoms with Gasteiger partial charge in [0.15, 0.2) is 0 Å². The molecule has 132 valence electrons. The van der Waals surface area contributed by atoms with Gasteiger partial charge in [0.2, 0.25) is 0 Å². The summed E-state index contributed by atoms with van der Waals surface area (Å²) in [6.45, 7) is 4.23. The number of carbonyl (C=O) groups is 1. The van der Waals surface area contributed by atoms with Crippen LogP contribution in [0, 0.1) is 6.92 Å². The molecule has 0 bridgehead atoms. The number of rotatable bonds is 4. The van der Waals surface area contributed by atoms with Crippen LogP contribution in [0.3, 0.4) is 0 Å². The predicted molar refractivity (Wildman–Crippen MR) is 104 cm³/mol. The van der Waals surface area contributed by atoms with Crippen molar-refractivity contribution in [3.63, 3.8) is 0 Å². The van der Waals surface area contributed by atoms with E-state index < -0.39 is 0 Å². The Labute approximate surface area is 150 Å². The number of hydrogen-bond acceptors (Lipinski definition) is 3. The minimum absolute atomic E-state index is 0.0582. The van der Waals surface area contributed by atoms with Crippen LogP contribution in [0.15, 0.2) is 48.5 Å². The van der Waals surface area contributed by atoms with Gasteiger partial charge >= 0.3 is 0 Å². The fourth-order valence-electron chi connectivity index (χ4n) is 3.42. The van der Waals surface area contributed by atoms with E-state index in [1.807, 2.05) is 43.3 Å². The van der Waals surface area contributed by atoms with Crippen LogP contribution in [-0.4, -0.2) is 44.0 Å². The van der Waals surface area contributed by atoms with Gasteiger partial charge in [-0.25, -0.2) is 0 Å². The highest BCUT2D eigenvalue weighted by Gasteiger charge is 2.21.